The number of nitrogen functional groups attached to an aromatic ring is 1. The second-order valence-electron chi connectivity index (χ2n) is 3.71. The minimum absolute atomic E-state index is 0.508. The number of thiazole rings is 1. The number of nitrogens with zero attached hydrogens (tertiary/aromatic N) is 3. The Balaban J connectivity index is 2.03. The third kappa shape index (κ3) is 1.96. The predicted octanol–water partition coefficient (Wildman–Crippen LogP) is 2.85. The quantitative estimate of drug-likeness (QED) is 0.763. The molecular weight excluding hydrogens is 244 g/mol. The third-order valence-corrected chi connectivity index (χ3v) is 3.42. The minimum Gasteiger partial charge on any atom is -0.383 e. The molecule has 0 unspecified atom stereocenters. The molecule has 0 bridgehead atoms. The Hall–Kier alpha value is -2.27. The van der Waals surface area contributed by atoms with Crippen molar-refractivity contribution < 1.29 is 0 Å². The fraction of sp³-hybridized carbons (Fsp3) is 0. The molecule has 0 saturated heterocycles. The maximum Gasteiger partial charge on any atom is 0.133 e. The van der Waals surface area contributed by atoms with Gasteiger partial charge < -0.3 is 5.73 Å². The molecular formula is C13H10N4S. The fourth-order valence-electron chi connectivity index (χ4n) is 1.65. The van der Waals surface area contributed by atoms with Gasteiger partial charge in [0, 0.05) is 29.5 Å². The van der Waals surface area contributed by atoms with E-state index in [1.165, 1.54) is 0 Å². The number of aromatic nitrogens is 3. The zero-order chi connectivity index (χ0) is 12.4. The molecule has 0 fully saturated rings. The smallest absolute Gasteiger partial charge is 0.133 e. The molecule has 3 rings (SSSR count). The molecule has 3 aromatic heterocycles. The van der Waals surface area contributed by atoms with Crippen LogP contribution in [0.1, 0.15) is 0 Å². The van der Waals surface area contributed by atoms with Crippen molar-refractivity contribution in [2.75, 3.05) is 5.73 Å². The Morgan fingerprint density at radius 2 is 1.89 bits per heavy atom. The molecule has 0 atom stereocenters. The van der Waals surface area contributed by atoms with Crippen LogP contribution in [0.25, 0.3) is 21.8 Å². The average molecular weight is 254 g/mol. The van der Waals surface area contributed by atoms with Crippen molar-refractivity contribution in [3.8, 4) is 21.8 Å². The zero-order valence-corrected chi connectivity index (χ0v) is 10.3. The molecule has 3 heterocycles. The second kappa shape index (κ2) is 4.54. The normalized spacial score (nSPS) is 10.4. The summed E-state index contributed by atoms with van der Waals surface area (Å²) in [5.41, 5.74) is 8.71. The van der Waals surface area contributed by atoms with E-state index in [1.807, 2.05) is 29.6 Å². The van der Waals surface area contributed by atoms with E-state index in [0.29, 0.717) is 5.82 Å². The molecule has 0 spiro atoms. The number of anilines is 1. The third-order valence-electron chi connectivity index (χ3n) is 2.55. The van der Waals surface area contributed by atoms with Gasteiger partial charge in [0.1, 0.15) is 10.8 Å². The van der Waals surface area contributed by atoms with Crippen LogP contribution in [0.4, 0.5) is 5.82 Å². The summed E-state index contributed by atoms with van der Waals surface area (Å²) >= 11 is 1.56. The van der Waals surface area contributed by atoms with E-state index in [9.17, 15) is 0 Å². The summed E-state index contributed by atoms with van der Waals surface area (Å²) in [4.78, 5) is 12.6. The number of nitrogens with two attached hydrogens (primary N) is 1. The lowest BCUT2D eigenvalue weighted by Crippen LogP contribution is -1.92. The summed E-state index contributed by atoms with van der Waals surface area (Å²) in [5.74, 6) is 0.508. The van der Waals surface area contributed by atoms with Crippen molar-refractivity contribution in [3.63, 3.8) is 0 Å². The van der Waals surface area contributed by atoms with Crippen LogP contribution in [0.2, 0.25) is 0 Å². The van der Waals surface area contributed by atoms with Crippen LogP contribution in [0, 0.1) is 0 Å². The first-order valence-corrected chi connectivity index (χ1v) is 6.29. The molecule has 0 amide bonds. The molecule has 3 aromatic rings. The topological polar surface area (TPSA) is 64.7 Å². The first kappa shape index (κ1) is 10.9. The highest BCUT2D eigenvalue weighted by atomic mass is 32.1. The summed E-state index contributed by atoms with van der Waals surface area (Å²) in [6.07, 6.45) is 5.19. The second-order valence-corrected chi connectivity index (χ2v) is 4.57. The van der Waals surface area contributed by atoms with Crippen molar-refractivity contribution in [1.82, 2.24) is 15.0 Å². The highest BCUT2D eigenvalue weighted by Crippen LogP contribution is 2.30. The summed E-state index contributed by atoms with van der Waals surface area (Å²) in [5, 5.41) is 2.89. The summed E-state index contributed by atoms with van der Waals surface area (Å²) in [7, 11) is 0. The van der Waals surface area contributed by atoms with Crippen LogP contribution in [-0.4, -0.2) is 15.0 Å². The molecule has 0 radical (unpaired) electrons. The van der Waals surface area contributed by atoms with Gasteiger partial charge in [-0.1, -0.05) is 0 Å². The van der Waals surface area contributed by atoms with Crippen LogP contribution < -0.4 is 5.73 Å². The van der Waals surface area contributed by atoms with Crippen LogP contribution in [-0.2, 0) is 0 Å². The summed E-state index contributed by atoms with van der Waals surface area (Å²) in [6, 6.07) is 7.66. The Labute approximate surface area is 108 Å². The predicted molar refractivity (Wildman–Crippen MR) is 73.0 cm³/mol. The number of pyridine rings is 2. The van der Waals surface area contributed by atoms with Gasteiger partial charge >= 0.3 is 0 Å². The van der Waals surface area contributed by atoms with Crippen LogP contribution >= 0.6 is 11.3 Å². The molecule has 0 saturated carbocycles. The van der Waals surface area contributed by atoms with Gasteiger partial charge in [-0.3, -0.25) is 4.98 Å². The average Bonchev–Trinajstić information content (AvgIpc) is 2.90. The zero-order valence-electron chi connectivity index (χ0n) is 9.45. The number of hydrogen-bond donors (Lipinski definition) is 1. The number of rotatable bonds is 2. The maximum atomic E-state index is 5.85. The van der Waals surface area contributed by atoms with Gasteiger partial charge in [-0.2, -0.15) is 0 Å². The molecule has 4 nitrogen and oxygen atoms in total. The van der Waals surface area contributed by atoms with E-state index < -0.39 is 0 Å². The lowest BCUT2D eigenvalue weighted by Gasteiger charge is -1.99. The lowest BCUT2D eigenvalue weighted by atomic mass is 10.2. The van der Waals surface area contributed by atoms with Crippen molar-refractivity contribution >= 4 is 17.2 Å². The van der Waals surface area contributed by atoms with Gasteiger partial charge in [0.2, 0.25) is 0 Å². The van der Waals surface area contributed by atoms with E-state index in [4.69, 9.17) is 5.73 Å². The van der Waals surface area contributed by atoms with Crippen molar-refractivity contribution in [3.05, 3.63) is 48.2 Å². The van der Waals surface area contributed by atoms with Gasteiger partial charge in [-0.25, -0.2) is 9.97 Å². The molecule has 0 aliphatic heterocycles. The van der Waals surface area contributed by atoms with E-state index in [1.54, 1.807) is 29.9 Å². The lowest BCUT2D eigenvalue weighted by molar-refractivity contribution is 1.30. The van der Waals surface area contributed by atoms with Crippen LogP contribution in [0.15, 0.2) is 48.2 Å². The van der Waals surface area contributed by atoms with E-state index in [2.05, 4.69) is 15.0 Å². The Kier molecular flexibility index (Phi) is 2.74. The molecule has 0 aliphatic rings. The number of hydrogen-bond acceptors (Lipinski definition) is 5. The van der Waals surface area contributed by atoms with Gasteiger partial charge in [-0.05, 0) is 24.3 Å². The van der Waals surface area contributed by atoms with Gasteiger partial charge in [0.25, 0.3) is 0 Å². The first-order valence-electron chi connectivity index (χ1n) is 5.41. The SMILES string of the molecule is Nc1ncccc1-c1nc(-c2ccncc2)cs1. The molecule has 18 heavy (non-hydrogen) atoms. The summed E-state index contributed by atoms with van der Waals surface area (Å²) < 4.78 is 0. The monoisotopic (exact) mass is 254 g/mol. The Morgan fingerprint density at radius 3 is 2.67 bits per heavy atom. The van der Waals surface area contributed by atoms with Crippen molar-refractivity contribution in [1.29, 1.82) is 0 Å². The largest absolute Gasteiger partial charge is 0.383 e. The highest BCUT2D eigenvalue weighted by molar-refractivity contribution is 7.13. The maximum absolute atomic E-state index is 5.85. The minimum atomic E-state index is 0.508. The Bertz CT molecular complexity index is 664. The van der Waals surface area contributed by atoms with Crippen LogP contribution in [0.5, 0.6) is 0 Å². The van der Waals surface area contributed by atoms with E-state index >= 15 is 0 Å². The van der Waals surface area contributed by atoms with Gasteiger partial charge in [-0.15, -0.1) is 11.3 Å². The molecule has 2 N–H and O–H groups in total. The molecule has 0 aromatic carbocycles. The first-order chi connectivity index (χ1) is 8.84. The molecule has 0 aliphatic carbocycles. The standard InChI is InChI=1S/C13H10N4S/c14-12-10(2-1-5-16-12)13-17-11(8-18-13)9-3-6-15-7-4-9/h1-8H,(H2,14,16). The van der Waals surface area contributed by atoms with Gasteiger partial charge in [0.15, 0.2) is 0 Å². The Morgan fingerprint density at radius 1 is 1.06 bits per heavy atom. The van der Waals surface area contributed by atoms with Crippen molar-refractivity contribution in [2.45, 2.75) is 0 Å². The molecule has 5 heteroatoms. The molecule has 88 valence electrons. The highest BCUT2D eigenvalue weighted by Gasteiger charge is 2.09. The fourth-order valence-corrected chi connectivity index (χ4v) is 2.51. The van der Waals surface area contributed by atoms with Gasteiger partial charge in [0.05, 0.1) is 11.3 Å². The van der Waals surface area contributed by atoms with Crippen molar-refractivity contribution in [2.24, 2.45) is 0 Å². The van der Waals surface area contributed by atoms with E-state index in [-0.39, 0.29) is 0 Å². The summed E-state index contributed by atoms with van der Waals surface area (Å²) in [6.45, 7) is 0. The van der Waals surface area contributed by atoms with Crippen LogP contribution in [0.3, 0.4) is 0 Å². The van der Waals surface area contributed by atoms with E-state index in [0.717, 1.165) is 21.8 Å².